The van der Waals surface area contributed by atoms with Crippen LogP contribution in [0.3, 0.4) is 0 Å². The zero-order valence-electron chi connectivity index (χ0n) is 25.2. The predicted octanol–water partition coefficient (Wildman–Crippen LogP) is 10.5. The molecule has 0 atom stereocenters. The number of rotatable bonds is 1. The smallest absolute Gasteiger partial charge is 0.339 e. The average molecular weight is 886 g/mol. The highest BCUT2D eigenvalue weighted by atomic mass is 35.5. The summed E-state index contributed by atoms with van der Waals surface area (Å²) >= 11 is 56.4. The second kappa shape index (κ2) is 13.2. The maximum Gasteiger partial charge on any atom is 0.339 e. The molecule has 16 heteroatoms. The van der Waals surface area contributed by atoms with Gasteiger partial charge in [0.25, 0.3) is 30.0 Å². The van der Waals surface area contributed by atoms with Crippen molar-refractivity contribution in [1.82, 2.24) is 0 Å². The van der Waals surface area contributed by atoms with Crippen LogP contribution < -0.4 is 5.19 Å². The third-order valence-electron chi connectivity index (χ3n) is 9.26. The van der Waals surface area contributed by atoms with Crippen LogP contribution in [-0.4, -0.2) is 39.3 Å². The van der Waals surface area contributed by atoms with Gasteiger partial charge in [0.15, 0.2) is 0 Å². The van der Waals surface area contributed by atoms with Crippen molar-refractivity contribution in [1.29, 1.82) is 0 Å². The van der Waals surface area contributed by atoms with Crippen molar-refractivity contribution in [2.45, 2.75) is 0 Å². The molecule has 0 aromatic heterocycles. The monoisotopic (exact) mass is 882 g/mol. The fourth-order valence-electron chi connectivity index (χ4n) is 7.01. The van der Waals surface area contributed by atoms with E-state index >= 15 is 0 Å². The molecule has 1 heterocycles. The Bertz CT molecular complexity index is 2810. The van der Waals surface area contributed by atoms with Crippen LogP contribution in [0.2, 0.25) is 40.2 Å². The average Bonchev–Trinajstić information content (AvgIpc) is 3.08. The molecule has 250 valence electrons. The highest BCUT2D eigenvalue weighted by Crippen LogP contribution is 2.51. The Morgan fingerprint density at radius 3 is 1.50 bits per heavy atom. The lowest BCUT2D eigenvalue weighted by molar-refractivity contribution is 0.337. The molecule has 1 fully saturated rings. The van der Waals surface area contributed by atoms with Crippen LogP contribution >= 0.6 is 92.8 Å². The molecular formula is C34H18Cl8O4Si4. The summed E-state index contributed by atoms with van der Waals surface area (Å²) in [5, 5.41) is 14.2. The molecule has 4 nitrogen and oxygen atoms in total. The third-order valence-corrected chi connectivity index (χ3v) is 20.0. The number of halogens is 8. The SMILES string of the molecule is Clc1c(Cl)c(Cl)c2c(Cl)c3c(Cl)c4c(Cl)c(Cl)c5c(Cl)c6cc7cc8ccccc8cc7cc6cc5c4cc3cc2c1[SiH]1O[SiH2]O[SiH2]O[SiH2]O1. The van der Waals surface area contributed by atoms with Crippen molar-refractivity contribution < 1.29 is 16.5 Å². The number of hydrogen-bond acceptors (Lipinski definition) is 4. The summed E-state index contributed by atoms with van der Waals surface area (Å²) < 4.78 is 23.8. The minimum absolute atomic E-state index is 0.143. The van der Waals surface area contributed by atoms with E-state index in [1.165, 1.54) is 0 Å². The van der Waals surface area contributed by atoms with Gasteiger partial charge < -0.3 is 16.5 Å². The first-order valence-corrected chi connectivity index (χ1v) is 23.1. The molecule has 9 rings (SSSR count). The van der Waals surface area contributed by atoms with E-state index in [2.05, 4.69) is 42.5 Å². The fourth-order valence-corrected chi connectivity index (χ4v) is 19.0. The van der Waals surface area contributed by atoms with Crippen molar-refractivity contribution in [3.63, 3.8) is 0 Å². The molecular weight excluding hydrogens is 868 g/mol. The van der Waals surface area contributed by atoms with Crippen LogP contribution in [0, 0.1) is 0 Å². The van der Waals surface area contributed by atoms with E-state index < -0.39 is 39.3 Å². The van der Waals surface area contributed by atoms with Gasteiger partial charge in [0, 0.05) is 32.1 Å². The Morgan fingerprint density at radius 2 is 0.860 bits per heavy atom. The van der Waals surface area contributed by atoms with Gasteiger partial charge >= 0.3 is 9.28 Å². The fraction of sp³-hybridized carbons (Fsp3) is 0. The molecule has 0 saturated carbocycles. The highest BCUT2D eigenvalue weighted by molar-refractivity contribution is 6.76. The molecule has 50 heavy (non-hydrogen) atoms. The van der Waals surface area contributed by atoms with Crippen molar-refractivity contribution in [3.8, 4) is 0 Å². The van der Waals surface area contributed by atoms with E-state index in [9.17, 15) is 0 Å². The van der Waals surface area contributed by atoms with Gasteiger partial charge in [-0.15, -0.1) is 0 Å². The summed E-state index contributed by atoms with van der Waals surface area (Å²) in [4.78, 5) is 0. The van der Waals surface area contributed by atoms with Crippen LogP contribution in [0.15, 0.2) is 66.7 Å². The van der Waals surface area contributed by atoms with Crippen LogP contribution in [0.4, 0.5) is 0 Å². The predicted molar refractivity (Wildman–Crippen MR) is 226 cm³/mol. The van der Waals surface area contributed by atoms with Gasteiger partial charge in [0.1, 0.15) is 0 Å². The first kappa shape index (κ1) is 34.4. The lowest BCUT2D eigenvalue weighted by Crippen LogP contribution is -2.43. The van der Waals surface area contributed by atoms with Crippen LogP contribution in [-0.2, 0) is 16.5 Å². The molecule has 8 aromatic rings. The molecule has 0 bridgehead atoms. The van der Waals surface area contributed by atoms with E-state index in [0.29, 0.717) is 52.6 Å². The molecule has 0 aliphatic carbocycles. The number of hydrogen-bond donors (Lipinski definition) is 0. The van der Waals surface area contributed by atoms with E-state index in [1.54, 1.807) is 0 Å². The van der Waals surface area contributed by atoms with Gasteiger partial charge in [0.05, 0.1) is 40.2 Å². The molecule has 0 spiro atoms. The Hall–Kier alpha value is -1.39. The summed E-state index contributed by atoms with van der Waals surface area (Å²) in [6, 6.07) is 22.9. The number of benzene rings is 8. The normalized spacial score (nSPS) is 17.5. The van der Waals surface area contributed by atoms with Crippen LogP contribution in [0.1, 0.15) is 0 Å². The van der Waals surface area contributed by atoms with Gasteiger partial charge in [-0.1, -0.05) is 117 Å². The summed E-state index contributed by atoms with van der Waals surface area (Å²) in [5.41, 5.74) is 0. The molecule has 8 aromatic carbocycles. The summed E-state index contributed by atoms with van der Waals surface area (Å²) in [5.74, 6) is 0. The zero-order valence-corrected chi connectivity index (χ0v) is 36.7. The lowest BCUT2D eigenvalue weighted by atomic mass is 9.93. The van der Waals surface area contributed by atoms with Crippen molar-refractivity contribution in [2.24, 2.45) is 0 Å². The molecule has 0 N–H and O–H groups in total. The molecule has 0 radical (unpaired) electrons. The lowest BCUT2D eigenvalue weighted by Gasteiger charge is -2.24. The summed E-state index contributed by atoms with van der Waals surface area (Å²) in [7, 11) is -6.38. The van der Waals surface area contributed by atoms with E-state index in [1.807, 2.05) is 24.3 Å². The molecule has 1 aliphatic rings. The summed E-state index contributed by atoms with van der Waals surface area (Å²) in [6.45, 7) is 0. The first-order chi connectivity index (χ1) is 24.1. The zero-order chi connectivity index (χ0) is 34.6. The van der Waals surface area contributed by atoms with Gasteiger partial charge in [-0.2, -0.15) is 0 Å². The first-order valence-electron chi connectivity index (χ1n) is 15.1. The minimum atomic E-state index is -2.61. The Morgan fingerprint density at radius 1 is 0.380 bits per heavy atom. The van der Waals surface area contributed by atoms with E-state index in [0.717, 1.165) is 43.1 Å². The third kappa shape index (κ3) is 5.27. The standard InChI is InChI=1S/C34H18Cl8O4Si4/c35-26-18-8-15-6-13-4-2-1-3-12(13)5-14(15)7-16(18)9-19-20-10-17-11-21-25(28(37)22(17)27(36)24(20)30(39)29(38)23(19)26)31(40)32(41)33(42)34(21)50-45-48-43-47-44-49-46-50/h1-11,50H,47-49H2. The highest BCUT2D eigenvalue weighted by Gasteiger charge is 2.30. The van der Waals surface area contributed by atoms with Crippen molar-refractivity contribution >= 4 is 213 Å². The number of fused-ring (bicyclic) bond motifs is 8. The van der Waals surface area contributed by atoms with Gasteiger partial charge in [-0.3, -0.25) is 0 Å². The molecule has 1 saturated heterocycles. The van der Waals surface area contributed by atoms with E-state index in [4.69, 9.17) is 109 Å². The van der Waals surface area contributed by atoms with Crippen molar-refractivity contribution in [3.05, 3.63) is 107 Å². The Labute approximate surface area is 333 Å². The maximum absolute atomic E-state index is 7.28. The molecule has 1 aliphatic heterocycles. The van der Waals surface area contributed by atoms with Crippen LogP contribution in [0.25, 0.3) is 75.4 Å². The van der Waals surface area contributed by atoms with Crippen molar-refractivity contribution in [2.75, 3.05) is 0 Å². The second-order valence-corrected chi connectivity index (χ2v) is 22.9. The second-order valence-electron chi connectivity index (χ2n) is 12.0. The molecule has 0 unspecified atom stereocenters. The quantitative estimate of drug-likeness (QED) is 0.0712. The minimum Gasteiger partial charge on any atom is -0.425 e. The Balaban J connectivity index is 1.39. The van der Waals surface area contributed by atoms with Gasteiger partial charge in [-0.05, 0) is 90.9 Å². The van der Waals surface area contributed by atoms with Gasteiger partial charge in [-0.25, -0.2) is 0 Å². The summed E-state index contributed by atoms with van der Waals surface area (Å²) in [6.07, 6.45) is 0. The Kier molecular flexibility index (Phi) is 9.06. The van der Waals surface area contributed by atoms with Gasteiger partial charge in [0.2, 0.25) is 0 Å². The topological polar surface area (TPSA) is 36.9 Å². The van der Waals surface area contributed by atoms with E-state index in [-0.39, 0.29) is 25.1 Å². The van der Waals surface area contributed by atoms with Crippen LogP contribution in [0.5, 0.6) is 0 Å². The largest absolute Gasteiger partial charge is 0.425 e. The maximum atomic E-state index is 7.28. The molecule has 0 amide bonds.